The molecular weight excluding hydrogens is 361 g/mol. The fraction of sp³-hybridized carbons (Fsp3) is 0. The molecule has 2 aromatic rings. The van der Waals surface area contributed by atoms with Crippen LogP contribution in [-0.2, 0) is 4.79 Å². The van der Waals surface area contributed by atoms with Gasteiger partial charge in [0.15, 0.2) is 3.77 Å². The van der Waals surface area contributed by atoms with Crippen molar-refractivity contribution in [2.75, 3.05) is 0 Å². The van der Waals surface area contributed by atoms with Gasteiger partial charge in [-0.3, -0.25) is 20.4 Å². The largest absolute Gasteiger partial charge is 0.451 e. The first-order chi connectivity index (χ1) is 9.15. The van der Waals surface area contributed by atoms with E-state index >= 15 is 0 Å². The van der Waals surface area contributed by atoms with Gasteiger partial charge in [-0.2, -0.15) is 0 Å². The zero-order chi connectivity index (χ0) is 13.7. The predicted molar refractivity (Wildman–Crippen MR) is 76.9 cm³/mol. The normalized spacial score (nSPS) is 10.6. The highest BCUT2D eigenvalue weighted by molar-refractivity contribution is 14.1. The number of H-pyrrole nitrogens is 1. The van der Waals surface area contributed by atoms with Crippen LogP contribution in [0.1, 0.15) is 16.2 Å². The molecule has 3 N–H and O–H groups in total. The molecule has 6 nitrogen and oxygen atoms in total. The predicted octanol–water partition coefficient (Wildman–Crippen LogP) is 1.69. The van der Waals surface area contributed by atoms with Gasteiger partial charge in [0.25, 0.3) is 11.8 Å². The molecule has 0 unspecified atom stereocenters. The number of hydrazine groups is 1. The van der Waals surface area contributed by atoms with Crippen molar-refractivity contribution in [3.63, 3.8) is 0 Å². The molecule has 0 atom stereocenters. The Kier molecular flexibility index (Phi) is 4.39. The molecule has 0 radical (unpaired) electrons. The zero-order valence-corrected chi connectivity index (χ0v) is 11.8. The van der Waals surface area contributed by atoms with Gasteiger partial charge in [-0.15, -0.1) is 0 Å². The number of amides is 2. The minimum absolute atomic E-state index is 0.366. The number of nitrogens with one attached hydrogen (secondary N) is 3. The molecule has 0 bridgehead atoms. The van der Waals surface area contributed by atoms with Crippen molar-refractivity contribution in [3.05, 3.63) is 51.8 Å². The highest BCUT2D eigenvalue weighted by Crippen LogP contribution is 2.11. The number of carbonyl (C=O) groups is 2. The maximum atomic E-state index is 11.5. The molecule has 0 aliphatic carbocycles. The van der Waals surface area contributed by atoms with Gasteiger partial charge in [0.2, 0.25) is 0 Å². The van der Waals surface area contributed by atoms with Gasteiger partial charge < -0.3 is 9.40 Å². The summed E-state index contributed by atoms with van der Waals surface area (Å²) < 4.78 is 5.98. The third kappa shape index (κ3) is 3.98. The van der Waals surface area contributed by atoms with Crippen LogP contribution in [0, 0.1) is 3.77 Å². The van der Waals surface area contributed by atoms with E-state index in [-0.39, 0.29) is 0 Å². The van der Waals surface area contributed by atoms with Gasteiger partial charge in [0.1, 0.15) is 11.5 Å². The van der Waals surface area contributed by atoms with Crippen molar-refractivity contribution in [1.82, 2.24) is 15.8 Å². The zero-order valence-electron chi connectivity index (χ0n) is 9.64. The van der Waals surface area contributed by atoms with E-state index in [1.54, 1.807) is 30.5 Å². The Labute approximate surface area is 122 Å². The molecule has 19 heavy (non-hydrogen) atoms. The topological polar surface area (TPSA) is 87.1 Å². The van der Waals surface area contributed by atoms with E-state index in [2.05, 4.69) is 15.8 Å². The van der Waals surface area contributed by atoms with Crippen molar-refractivity contribution < 1.29 is 14.0 Å². The van der Waals surface area contributed by atoms with Crippen LogP contribution in [0.15, 0.2) is 41.0 Å². The van der Waals surface area contributed by atoms with Crippen LogP contribution in [0.4, 0.5) is 0 Å². The van der Waals surface area contributed by atoms with Crippen LogP contribution >= 0.6 is 22.6 Å². The van der Waals surface area contributed by atoms with E-state index in [1.807, 2.05) is 22.6 Å². The van der Waals surface area contributed by atoms with Crippen molar-refractivity contribution in [1.29, 1.82) is 0 Å². The summed E-state index contributed by atoms with van der Waals surface area (Å²) in [7, 11) is 0. The second kappa shape index (κ2) is 6.23. The number of carbonyl (C=O) groups excluding carboxylic acids is 2. The van der Waals surface area contributed by atoms with Gasteiger partial charge >= 0.3 is 0 Å². The molecule has 7 heteroatoms. The summed E-state index contributed by atoms with van der Waals surface area (Å²) in [4.78, 5) is 25.6. The van der Waals surface area contributed by atoms with Crippen molar-refractivity contribution in [2.45, 2.75) is 0 Å². The van der Waals surface area contributed by atoms with E-state index in [4.69, 9.17) is 4.42 Å². The van der Waals surface area contributed by atoms with Crippen LogP contribution in [-0.4, -0.2) is 16.8 Å². The lowest BCUT2D eigenvalue weighted by atomic mass is 10.4. The number of furan rings is 1. The molecule has 0 saturated carbocycles. The lowest BCUT2D eigenvalue weighted by Gasteiger charge is -2.02. The van der Waals surface area contributed by atoms with E-state index in [0.717, 1.165) is 3.77 Å². The maximum absolute atomic E-state index is 11.5. The summed E-state index contributed by atoms with van der Waals surface area (Å²) in [6, 6.07) is 6.81. The van der Waals surface area contributed by atoms with Crippen molar-refractivity contribution in [3.8, 4) is 0 Å². The molecule has 0 fully saturated rings. The highest BCUT2D eigenvalue weighted by atomic mass is 127. The van der Waals surface area contributed by atoms with Crippen LogP contribution in [0.5, 0.6) is 0 Å². The Bertz CT molecular complexity index is 602. The molecular formula is C12H10IN3O3. The summed E-state index contributed by atoms with van der Waals surface area (Å²) in [6.45, 7) is 0. The minimum Gasteiger partial charge on any atom is -0.451 e. The molecule has 2 heterocycles. The van der Waals surface area contributed by atoms with Crippen LogP contribution in [0.3, 0.4) is 0 Å². The Hall–Kier alpha value is -2.03. The summed E-state index contributed by atoms with van der Waals surface area (Å²) in [6.07, 6.45) is 4.40. The van der Waals surface area contributed by atoms with Crippen LogP contribution < -0.4 is 10.9 Å². The number of halogens is 1. The SMILES string of the molecule is O=C(/C=C/c1ccc(I)o1)NNC(=O)c1ccc[nH]1. The van der Waals surface area contributed by atoms with Gasteiger partial charge in [-0.1, -0.05) is 0 Å². The number of rotatable bonds is 3. The Morgan fingerprint density at radius 2 is 2.11 bits per heavy atom. The molecule has 0 saturated heterocycles. The molecule has 2 amide bonds. The van der Waals surface area contributed by atoms with E-state index in [9.17, 15) is 9.59 Å². The molecule has 0 aromatic carbocycles. The van der Waals surface area contributed by atoms with Gasteiger partial charge in [0, 0.05) is 12.3 Å². The van der Waals surface area contributed by atoms with Gasteiger partial charge in [-0.05, 0) is 52.9 Å². The summed E-state index contributed by atoms with van der Waals surface area (Å²) in [5, 5.41) is 0. The van der Waals surface area contributed by atoms with Crippen molar-refractivity contribution in [2.24, 2.45) is 0 Å². The highest BCUT2D eigenvalue weighted by Gasteiger charge is 2.05. The minimum atomic E-state index is -0.452. The standard InChI is InChI=1S/C12H10IN3O3/c13-10-5-3-8(19-10)4-6-11(17)15-16-12(18)9-2-1-7-14-9/h1-7,14H,(H,15,17)(H,16,18)/b6-4+. The third-order valence-electron chi connectivity index (χ3n) is 2.13. The monoisotopic (exact) mass is 371 g/mol. The molecule has 2 aromatic heterocycles. The summed E-state index contributed by atoms with van der Waals surface area (Å²) in [5.41, 5.74) is 4.90. The van der Waals surface area contributed by atoms with Crippen molar-refractivity contribution >= 4 is 40.5 Å². The fourth-order valence-corrected chi connectivity index (χ4v) is 1.71. The first kappa shape index (κ1) is 13.4. The van der Waals surface area contributed by atoms with E-state index in [0.29, 0.717) is 11.5 Å². The first-order valence-corrected chi connectivity index (χ1v) is 6.40. The number of hydrogen-bond donors (Lipinski definition) is 3. The molecule has 0 spiro atoms. The Morgan fingerprint density at radius 3 is 2.74 bits per heavy atom. The second-order valence-electron chi connectivity index (χ2n) is 3.50. The van der Waals surface area contributed by atoms with E-state index in [1.165, 1.54) is 12.2 Å². The molecule has 2 rings (SSSR count). The smallest absolute Gasteiger partial charge is 0.286 e. The number of hydrogen-bond acceptors (Lipinski definition) is 3. The first-order valence-electron chi connectivity index (χ1n) is 5.32. The molecule has 0 aliphatic heterocycles. The van der Waals surface area contributed by atoms with E-state index < -0.39 is 11.8 Å². The van der Waals surface area contributed by atoms with Crippen LogP contribution in [0.2, 0.25) is 0 Å². The quantitative estimate of drug-likeness (QED) is 0.436. The second-order valence-corrected chi connectivity index (χ2v) is 4.57. The molecule has 0 aliphatic rings. The third-order valence-corrected chi connectivity index (χ3v) is 2.71. The number of aromatic nitrogens is 1. The molecule has 98 valence electrons. The van der Waals surface area contributed by atoms with Gasteiger partial charge in [0.05, 0.1) is 0 Å². The number of aromatic amines is 1. The summed E-state index contributed by atoms with van der Waals surface area (Å²) in [5.74, 6) is -0.305. The Morgan fingerprint density at radius 1 is 1.26 bits per heavy atom. The maximum Gasteiger partial charge on any atom is 0.286 e. The van der Waals surface area contributed by atoms with Crippen LogP contribution in [0.25, 0.3) is 6.08 Å². The average Bonchev–Trinajstić information content (AvgIpc) is 3.04. The van der Waals surface area contributed by atoms with Gasteiger partial charge in [-0.25, -0.2) is 0 Å². The summed E-state index contributed by atoms with van der Waals surface area (Å²) >= 11 is 2.03. The Balaban J connectivity index is 1.82. The lowest BCUT2D eigenvalue weighted by molar-refractivity contribution is -0.117. The average molecular weight is 371 g/mol. The fourth-order valence-electron chi connectivity index (χ4n) is 1.27. The lowest BCUT2D eigenvalue weighted by Crippen LogP contribution is -2.40.